The third kappa shape index (κ3) is 1.75. The number of hydrogen-bond acceptors (Lipinski definition) is 4. The number of aromatic nitrogens is 3. The molecule has 94 valence electrons. The van der Waals surface area contributed by atoms with Gasteiger partial charge in [0.1, 0.15) is 17.5 Å². The lowest BCUT2D eigenvalue weighted by molar-refractivity contribution is 0.0882. The zero-order valence-electron chi connectivity index (χ0n) is 10.2. The molecule has 2 N–H and O–H groups in total. The first-order chi connectivity index (χ1) is 8.77. The zero-order valence-corrected chi connectivity index (χ0v) is 10.2. The molecule has 5 nitrogen and oxygen atoms in total. The molecule has 0 spiro atoms. The van der Waals surface area contributed by atoms with Crippen LogP contribution in [0, 0.1) is 5.92 Å². The van der Waals surface area contributed by atoms with Gasteiger partial charge in [0.25, 0.3) is 0 Å². The van der Waals surface area contributed by atoms with Crippen molar-refractivity contribution in [3.63, 3.8) is 0 Å². The molecule has 1 aliphatic carbocycles. The van der Waals surface area contributed by atoms with Crippen LogP contribution >= 0.6 is 0 Å². The Kier molecular flexibility index (Phi) is 2.74. The minimum absolute atomic E-state index is 0.146. The van der Waals surface area contributed by atoms with Crippen molar-refractivity contribution in [2.45, 2.75) is 32.1 Å². The summed E-state index contributed by atoms with van der Waals surface area (Å²) in [5, 5.41) is 4.12. The average molecular weight is 244 g/mol. The Labute approximate surface area is 105 Å². The maximum absolute atomic E-state index is 12.5. The third-order valence-electron chi connectivity index (χ3n) is 3.71. The number of nitrogens with two attached hydrogens (primary N) is 1. The average Bonchev–Trinajstić information content (AvgIpc) is 2.84. The van der Waals surface area contributed by atoms with Crippen molar-refractivity contribution in [1.29, 1.82) is 0 Å². The van der Waals surface area contributed by atoms with Crippen LogP contribution in [0.4, 0.5) is 5.82 Å². The number of rotatable bonds is 2. The molecule has 2 aromatic heterocycles. The summed E-state index contributed by atoms with van der Waals surface area (Å²) in [5.41, 5.74) is 7.10. The van der Waals surface area contributed by atoms with Gasteiger partial charge in [0, 0.05) is 5.92 Å². The van der Waals surface area contributed by atoms with Crippen LogP contribution in [0.3, 0.4) is 0 Å². The van der Waals surface area contributed by atoms with Crippen molar-refractivity contribution in [1.82, 2.24) is 14.6 Å². The molecule has 1 saturated carbocycles. The molecule has 1 fully saturated rings. The van der Waals surface area contributed by atoms with Crippen molar-refractivity contribution in [3.8, 4) is 0 Å². The fraction of sp³-hybridized carbons (Fsp3) is 0.462. The van der Waals surface area contributed by atoms with Crippen LogP contribution in [-0.4, -0.2) is 20.4 Å². The lowest BCUT2D eigenvalue weighted by Crippen LogP contribution is -2.20. The van der Waals surface area contributed by atoms with E-state index in [0.29, 0.717) is 17.0 Å². The van der Waals surface area contributed by atoms with Gasteiger partial charge >= 0.3 is 0 Å². The normalized spacial score (nSPS) is 17.1. The Hall–Kier alpha value is -1.91. The van der Waals surface area contributed by atoms with Gasteiger partial charge in [0.15, 0.2) is 11.6 Å². The Bertz CT molecular complexity index is 584. The van der Waals surface area contributed by atoms with Crippen LogP contribution in [0.2, 0.25) is 0 Å². The van der Waals surface area contributed by atoms with Crippen LogP contribution in [0.15, 0.2) is 18.5 Å². The molecule has 1 aliphatic rings. The van der Waals surface area contributed by atoms with Gasteiger partial charge in [-0.3, -0.25) is 4.79 Å². The van der Waals surface area contributed by atoms with Gasteiger partial charge in [-0.25, -0.2) is 9.50 Å². The Morgan fingerprint density at radius 1 is 1.28 bits per heavy atom. The number of ketones is 1. The van der Waals surface area contributed by atoms with Gasteiger partial charge in [-0.1, -0.05) is 19.3 Å². The highest BCUT2D eigenvalue weighted by molar-refractivity contribution is 5.97. The Morgan fingerprint density at radius 3 is 2.83 bits per heavy atom. The highest BCUT2D eigenvalue weighted by Crippen LogP contribution is 2.27. The van der Waals surface area contributed by atoms with E-state index in [0.717, 1.165) is 25.7 Å². The highest BCUT2D eigenvalue weighted by atomic mass is 16.1. The number of anilines is 1. The molecule has 0 aliphatic heterocycles. The largest absolute Gasteiger partial charge is 0.382 e. The summed E-state index contributed by atoms with van der Waals surface area (Å²) >= 11 is 0. The Morgan fingerprint density at radius 2 is 2.06 bits per heavy atom. The molecular weight excluding hydrogens is 228 g/mol. The first-order valence-corrected chi connectivity index (χ1v) is 6.40. The topological polar surface area (TPSA) is 73.3 Å². The van der Waals surface area contributed by atoms with E-state index >= 15 is 0 Å². The molecule has 0 unspecified atom stereocenters. The molecule has 2 heterocycles. The van der Waals surface area contributed by atoms with Gasteiger partial charge in [0.2, 0.25) is 0 Å². The second kappa shape index (κ2) is 4.40. The van der Waals surface area contributed by atoms with E-state index < -0.39 is 0 Å². The second-order valence-corrected chi connectivity index (χ2v) is 4.86. The lowest BCUT2D eigenvalue weighted by Gasteiger charge is -2.19. The van der Waals surface area contributed by atoms with Crippen LogP contribution in [0.25, 0.3) is 5.52 Å². The van der Waals surface area contributed by atoms with E-state index in [1.165, 1.54) is 12.7 Å². The molecule has 2 aromatic rings. The van der Waals surface area contributed by atoms with E-state index in [1.807, 2.05) is 6.07 Å². The van der Waals surface area contributed by atoms with Crippen molar-refractivity contribution >= 4 is 17.1 Å². The van der Waals surface area contributed by atoms with E-state index in [9.17, 15) is 4.79 Å². The number of hydrogen-bond donors (Lipinski definition) is 1. The van der Waals surface area contributed by atoms with E-state index in [-0.39, 0.29) is 11.7 Å². The van der Waals surface area contributed by atoms with E-state index in [4.69, 9.17) is 5.73 Å². The minimum atomic E-state index is 0.146. The van der Waals surface area contributed by atoms with Gasteiger partial charge < -0.3 is 5.73 Å². The molecule has 3 rings (SSSR count). The summed E-state index contributed by atoms with van der Waals surface area (Å²) < 4.78 is 1.61. The van der Waals surface area contributed by atoms with Gasteiger partial charge in [-0.05, 0) is 25.0 Å². The number of carbonyl (C=O) groups is 1. The number of nitrogens with zero attached hydrogens (tertiary/aromatic N) is 3. The molecule has 18 heavy (non-hydrogen) atoms. The SMILES string of the molecule is Nc1ncnn2c(C(=O)C3CCCCC3)ccc12. The fourth-order valence-electron chi connectivity index (χ4n) is 2.71. The van der Waals surface area contributed by atoms with Crippen LogP contribution in [-0.2, 0) is 0 Å². The van der Waals surface area contributed by atoms with E-state index in [2.05, 4.69) is 10.1 Å². The molecule has 5 heteroatoms. The quantitative estimate of drug-likeness (QED) is 0.821. The summed E-state index contributed by atoms with van der Waals surface area (Å²) in [6.45, 7) is 0. The molecule has 0 amide bonds. The van der Waals surface area contributed by atoms with Gasteiger partial charge in [0.05, 0.1) is 0 Å². The number of nitrogen functional groups attached to an aromatic ring is 1. The summed E-state index contributed by atoms with van der Waals surface area (Å²) in [6.07, 6.45) is 6.92. The molecular formula is C13H16N4O. The molecule has 0 aromatic carbocycles. The zero-order chi connectivity index (χ0) is 12.5. The monoisotopic (exact) mass is 244 g/mol. The maximum Gasteiger partial charge on any atom is 0.184 e. The van der Waals surface area contributed by atoms with Crippen molar-refractivity contribution in [2.24, 2.45) is 5.92 Å². The maximum atomic E-state index is 12.5. The van der Waals surface area contributed by atoms with Crippen LogP contribution in [0.5, 0.6) is 0 Å². The molecule has 0 bridgehead atoms. The third-order valence-corrected chi connectivity index (χ3v) is 3.71. The number of carbonyl (C=O) groups excluding carboxylic acids is 1. The predicted octanol–water partition coefficient (Wildman–Crippen LogP) is 2.07. The first-order valence-electron chi connectivity index (χ1n) is 6.40. The molecule has 0 saturated heterocycles. The van der Waals surface area contributed by atoms with Crippen LogP contribution in [0.1, 0.15) is 42.6 Å². The van der Waals surface area contributed by atoms with Gasteiger partial charge in [-0.2, -0.15) is 5.10 Å². The molecule has 0 radical (unpaired) electrons. The van der Waals surface area contributed by atoms with Gasteiger partial charge in [-0.15, -0.1) is 0 Å². The van der Waals surface area contributed by atoms with Crippen molar-refractivity contribution in [2.75, 3.05) is 5.73 Å². The lowest BCUT2D eigenvalue weighted by atomic mass is 9.85. The minimum Gasteiger partial charge on any atom is -0.382 e. The number of fused-ring (bicyclic) bond motifs is 1. The second-order valence-electron chi connectivity index (χ2n) is 4.86. The summed E-state index contributed by atoms with van der Waals surface area (Å²) in [4.78, 5) is 16.4. The Balaban J connectivity index is 1.98. The smallest absolute Gasteiger partial charge is 0.184 e. The highest BCUT2D eigenvalue weighted by Gasteiger charge is 2.24. The summed E-state index contributed by atoms with van der Waals surface area (Å²) in [6, 6.07) is 3.61. The van der Waals surface area contributed by atoms with E-state index in [1.54, 1.807) is 10.6 Å². The van der Waals surface area contributed by atoms with Crippen LogP contribution < -0.4 is 5.73 Å². The summed E-state index contributed by atoms with van der Waals surface area (Å²) in [7, 11) is 0. The van der Waals surface area contributed by atoms with Crippen molar-refractivity contribution < 1.29 is 4.79 Å². The summed E-state index contributed by atoms with van der Waals surface area (Å²) in [5.74, 6) is 0.744. The molecule has 0 atom stereocenters. The van der Waals surface area contributed by atoms with Crippen molar-refractivity contribution in [3.05, 3.63) is 24.2 Å². The fourth-order valence-corrected chi connectivity index (χ4v) is 2.71. The number of Topliss-reactive ketones (excluding diaryl/α,β-unsaturated/α-hetero) is 1. The first kappa shape index (κ1) is 11.2. The predicted molar refractivity (Wildman–Crippen MR) is 68.3 cm³/mol. The standard InChI is InChI=1S/C13H16N4O/c14-13-11-7-6-10(17(11)16-8-15-13)12(18)9-4-2-1-3-5-9/h6-9H,1-5H2,(H2,14,15,16).